The molecule has 0 aromatic heterocycles. The maximum atomic E-state index is 13.0. The van der Waals surface area contributed by atoms with E-state index in [4.69, 9.17) is 4.74 Å². The molecular formula is C25H34FNO5. The first-order chi connectivity index (χ1) is 15.4. The quantitative estimate of drug-likeness (QED) is 0.418. The van der Waals surface area contributed by atoms with E-state index >= 15 is 0 Å². The van der Waals surface area contributed by atoms with E-state index in [0.717, 1.165) is 42.4 Å². The molecular weight excluding hydrogens is 413 g/mol. The molecule has 0 saturated carbocycles. The molecule has 1 heterocycles. The van der Waals surface area contributed by atoms with Gasteiger partial charge in [0.1, 0.15) is 18.0 Å². The minimum atomic E-state index is -1.31. The SMILES string of the molecule is O[C@H]1[C@H](O)[C@@H](O)CN(CCCCCCOCc2ccc(-c3ccc(F)cc3)cc2)C[C@@H]1O. The molecule has 0 amide bonds. The molecule has 4 atom stereocenters. The maximum Gasteiger partial charge on any atom is 0.123 e. The highest BCUT2D eigenvalue weighted by molar-refractivity contribution is 5.63. The monoisotopic (exact) mass is 447 g/mol. The molecule has 6 nitrogen and oxygen atoms in total. The molecule has 32 heavy (non-hydrogen) atoms. The van der Waals surface area contributed by atoms with Crippen LogP contribution in [0.4, 0.5) is 4.39 Å². The van der Waals surface area contributed by atoms with Crippen molar-refractivity contribution in [3.05, 3.63) is 59.9 Å². The number of aliphatic hydroxyl groups excluding tert-OH is 4. The van der Waals surface area contributed by atoms with Crippen LogP contribution in [0.15, 0.2) is 48.5 Å². The molecule has 176 valence electrons. The van der Waals surface area contributed by atoms with Gasteiger partial charge in [0.25, 0.3) is 0 Å². The first-order valence-corrected chi connectivity index (χ1v) is 11.3. The fourth-order valence-corrected chi connectivity index (χ4v) is 3.98. The molecule has 1 aliphatic heterocycles. The lowest BCUT2D eigenvalue weighted by atomic mass is 10.0. The van der Waals surface area contributed by atoms with Gasteiger partial charge in [-0.2, -0.15) is 0 Å². The average Bonchev–Trinajstić information content (AvgIpc) is 2.88. The van der Waals surface area contributed by atoms with E-state index in [9.17, 15) is 24.8 Å². The third-order valence-electron chi connectivity index (χ3n) is 5.94. The Hall–Kier alpha value is -1.87. The second kappa shape index (κ2) is 12.4. The van der Waals surface area contributed by atoms with Crippen LogP contribution in [0.5, 0.6) is 0 Å². The van der Waals surface area contributed by atoms with Crippen LogP contribution < -0.4 is 0 Å². The van der Waals surface area contributed by atoms with E-state index in [1.54, 1.807) is 12.1 Å². The summed E-state index contributed by atoms with van der Waals surface area (Å²) in [6, 6.07) is 14.5. The summed E-state index contributed by atoms with van der Waals surface area (Å²) in [7, 11) is 0. The fraction of sp³-hybridized carbons (Fsp3) is 0.520. The summed E-state index contributed by atoms with van der Waals surface area (Å²) < 4.78 is 18.8. The van der Waals surface area contributed by atoms with Gasteiger partial charge in [-0.15, -0.1) is 0 Å². The summed E-state index contributed by atoms with van der Waals surface area (Å²) in [4.78, 5) is 1.89. The Balaban J connectivity index is 1.27. The van der Waals surface area contributed by atoms with E-state index in [2.05, 4.69) is 0 Å². The van der Waals surface area contributed by atoms with Crippen molar-refractivity contribution in [2.45, 2.75) is 56.7 Å². The van der Waals surface area contributed by atoms with Crippen molar-refractivity contribution >= 4 is 0 Å². The van der Waals surface area contributed by atoms with Crippen LogP contribution in [0.2, 0.25) is 0 Å². The van der Waals surface area contributed by atoms with Crippen molar-refractivity contribution in [3.63, 3.8) is 0 Å². The smallest absolute Gasteiger partial charge is 0.123 e. The van der Waals surface area contributed by atoms with Gasteiger partial charge in [0.15, 0.2) is 0 Å². The van der Waals surface area contributed by atoms with Crippen molar-refractivity contribution < 1.29 is 29.6 Å². The van der Waals surface area contributed by atoms with Gasteiger partial charge in [-0.05, 0) is 48.2 Å². The van der Waals surface area contributed by atoms with Crippen molar-refractivity contribution in [3.8, 4) is 11.1 Å². The Kier molecular flexibility index (Phi) is 9.59. The predicted octanol–water partition coefficient (Wildman–Crippen LogP) is 2.33. The first-order valence-electron chi connectivity index (χ1n) is 11.3. The molecule has 1 saturated heterocycles. The molecule has 1 aliphatic rings. The van der Waals surface area contributed by atoms with Crippen LogP contribution in [0.1, 0.15) is 31.2 Å². The minimum absolute atomic E-state index is 0.238. The molecule has 2 aromatic carbocycles. The number of aliphatic hydroxyl groups is 4. The number of hydrogen-bond donors (Lipinski definition) is 4. The van der Waals surface area contributed by atoms with Gasteiger partial charge in [-0.1, -0.05) is 49.2 Å². The molecule has 4 N–H and O–H groups in total. The van der Waals surface area contributed by atoms with Crippen molar-refractivity contribution in [1.29, 1.82) is 0 Å². The zero-order valence-electron chi connectivity index (χ0n) is 18.3. The van der Waals surface area contributed by atoms with Gasteiger partial charge in [-0.25, -0.2) is 4.39 Å². The van der Waals surface area contributed by atoms with Crippen molar-refractivity contribution in [1.82, 2.24) is 4.90 Å². The summed E-state index contributed by atoms with van der Waals surface area (Å²) in [5.74, 6) is -0.238. The molecule has 2 aromatic rings. The number of rotatable bonds is 10. The largest absolute Gasteiger partial charge is 0.389 e. The van der Waals surface area contributed by atoms with Crippen LogP contribution in [0.3, 0.4) is 0 Å². The Morgan fingerprint density at radius 1 is 0.750 bits per heavy atom. The molecule has 0 unspecified atom stereocenters. The van der Waals surface area contributed by atoms with Gasteiger partial charge >= 0.3 is 0 Å². The average molecular weight is 448 g/mol. The van der Waals surface area contributed by atoms with E-state index in [0.29, 0.717) is 19.8 Å². The van der Waals surface area contributed by atoms with E-state index in [1.807, 2.05) is 29.2 Å². The van der Waals surface area contributed by atoms with E-state index in [-0.39, 0.29) is 18.9 Å². The number of halogens is 1. The van der Waals surface area contributed by atoms with Crippen LogP contribution in [-0.4, -0.2) is 76.0 Å². The highest BCUT2D eigenvalue weighted by Gasteiger charge is 2.35. The molecule has 0 aliphatic carbocycles. The lowest BCUT2D eigenvalue weighted by molar-refractivity contribution is -0.0894. The molecule has 3 rings (SSSR count). The van der Waals surface area contributed by atoms with Gasteiger partial charge in [0.05, 0.1) is 18.8 Å². The zero-order chi connectivity index (χ0) is 22.9. The number of nitrogens with zero attached hydrogens (tertiary/aromatic N) is 1. The summed E-state index contributed by atoms with van der Waals surface area (Å²) in [5, 5.41) is 39.3. The highest BCUT2D eigenvalue weighted by atomic mass is 19.1. The van der Waals surface area contributed by atoms with Gasteiger partial charge < -0.3 is 25.2 Å². The lowest BCUT2D eigenvalue weighted by Crippen LogP contribution is -2.43. The standard InChI is InChI=1S/C25H34FNO5/c26-21-11-9-20(10-12-21)19-7-5-18(6-8-19)17-32-14-4-2-1-3-13-27-15-22(28)24(30)25(31)23(29)16-27/h5-12,22-25,28-31H,1-4,13-17H2/t22-,23-,24+,25+/m0/s1. The van der Waals surface area contributed by atoms with Crippen LogP contribution in [0.25, 0.3) is 11.1 Å². The molecule has 0 radical (unpaired) electrons. The summed E-state index contributed by atoms with van der Waals surface area (Å²) in [5.41, 5.74) is 3.12. The summed E-state index contributed by atoms with van der Waals surface area (Å²) in [6.07, 6.45) is -0.845. The maximum absolute atomic E-state index is 13.0. The molecule has 0 spiro atoms. The number of β-amino-alcohol motifs (C(OH)–C–C–N with tert-alkyl or cyclic N) is 2. The Bertz CT molecular complexity index is 785. The van der Waals surface area contributed by atoms with Crippen molar-refractivity contribution in [2.75, 3.05) is 26.2 Å². The van der Waals surface area contributed by atoms with Gasteiger partial charge in [-0.3, -0.25) is 4.90 Å². The van der Waals surface area contributed by atoms with Crippen molar-refractivity contribution in [2.24, 2.45) is 0 Å². The van der Waals surface area contributed by atoms with E-state index in [1.165, 1.54) is 12.1 Å². The number of likely N-dealkylation sites (tertiary alicyclic amines) is 1. The Morgan fingerprint density at radius 3 is 1.88 bits per heavy atom. The summed E-state index contributed by atoms with van der Waals surface area (Å²) in [6.45, 7) is 2.43. The second-order valence-electron chi connectivity index (χ2n) is 8.55. The zero-order valence-corrected chi connectivity index (χ0v) is 18.3. The molecule has 0 bridgehead atoms. The normalized spacial score (nSPS) is 24.4. The number of ether oxygens (including phenoxy) is 1. The predicted molar refractivity (Wildman–Crippen MR) is 120 cm³/mol. The number of unbranched alkanes of at least 4 members (excludes halogenated alkanes) is 3. The third kappa shape index (κ3) is 7.33. The molecule has 1 fully saturated rings. The van der Waals surface area contributed by atoms with Crippen LogP contribution >= 0.6 is 0 Å². The lowest BCUT2D eigenvalue weighted by Gasteiger charge is -2.23. The molecule has 7 heteroatoms. The van der Waals surface area contributed by atoms with Gasteiger partial charge in [0, 0.05) is 19.7 Å². The number of benzene rings is 2. The minimum Gasteiger partial charge on any atom is -0.389 e. The second-order valence-corrected chi connectivity index (χ2v) is 8.55. The van der Waals surface area contributed by atoms with Crippen LogP contribution in [-0.2, 0) is 11.3 Å². The Labute approximate surface area is 188 Å². The Morgan fingerprint density at radius 2 is 1.28 bits per heavy atom. The first kappa shape index (κ1) is 24.8. The number of hydrogen-bond acceptors (Lipinski definition) is 6. The third-order valence-corrected chi connectivity index (χ3v) is 5.94. The van der Waals surface area contributed by atoms with Gasteiger partial charge in [0.2, 0.25) is 0 Å². The highest BCUT2D eigenvalue weighted by Crippen LogP contribution is 2.20. The van der Waals surface area contributed by atoms with Crippen LogP contribution in [0, 0.1) is 5.82 Å². The fourth-order valence-electron chi connectivity index (χ4n) is 3.98. The van der Waals surface area contributed by atoms with E-state index < -0.39 is 24.4 Å². The summed E-state index contributed by atoms with van der Waals surface area (Å²) >= 11 is 0. The topological polar surface area (TPSA) is 93.4 Å².